The molecule has 0 bridgehead atoms. The number of nitrogens with zero attached hydrogens (tertiary/aromatic N) is 1. The van der Waals surface area contributed by atoms with Gasteiger partial charge in [0.05, 0.1) is 6.04 Å². The van der Waals surface area contributed by atoms with Gasteiger partial charge in [-0.1, -0.05) is 11.8 Å². The maximum atomic E-state index is 10.6. The normalized spacial score (nSPS) is 34.5. The van der Waals surface area contributed by atoms with E-state index in [2.05, 4.69) is 17.8 Å². The summed E-state index contributed by atoms with van der Waals surface area (Å²) >= 11 is 1.35. The Labute approximate surface area is 92.4 Å². The first-order valence-corrected chi connectivity index (χ1v) is 5.33. The predicted molar refractivity (Wildman–Crippen MR) is 54.8 cm³/mol. The van der Waals surface area contributed by atoms with Crippen LogP contribution in [0.4, 0.5) is 0 Å². The maximum absolute atomic E-state index is 10.6. The molecule has 0 saturated carbocycles. The Bertz CT molecular complexity index is 295. The van der Waals surface area contributed by atoms with Crippen LogP contribution in [0.25, 0.3) is 0 Å². The van der Waals surface area contributed by atoms with E-state index in [1.165, 1.54) is 18.7 Å². The summed E-state index contributed by atoms with van der Waals surface area (Å²) in [5.74, 6) is -0.336. The maximum Gasteiger partial charge on any atom is 0.302 e. The van der Waals surface area contributed by atoms with Crippen LogP contribution in [-0.2, 0) is 14.3 Å². The van der Waals surface area contributed by atoms with Gasteiger partial charge in [0.15, 0.2) is 5.17 Å². The molecule has 2 aliphatic heterocycles. The minimum atomic E-state index is -0.372. The zero-order chi connectivity index (χ0) is 10.8. The molecule has 2 aliphatic rings. The molecular weight excluding hydrogens is 216 g/mol. The fourth-order valence-corrected chi connectivity index (χ4v) is 2.12. The van der Waals surface area contributed by atoms with E-state index in [4.69, 9.17) is 15.2 Å². The summed E-state index contributed by atoms with van der Waals surface area (Å²) in [6, 6.07) is -0.177. The summed E-state index contributed by atoms with van der Waals surface area (Å²) < 4.78 is 10.4. The summed E-state index contributed by atoms with van der Waals surface area (Å²) in [6.07, 6.45) is 5.40. The molecule has 5 nitrogen and oxygen atoms in total. The van der Waals surface area contributed by atoms with Crippen molar-refractivity contribution < 1.29 is 14.3 Å². The van der Waals surface area contributed by atoms with Crippen LogP contribution >= 0.6 is 11.8 Å². The monoisotopic (exact) mass is 226 g/mol. The third-order valence-corrected chi connectivity index (χ3v) is 2.84. The van der Waals surface area contributed by atoms with Crippen molar-refractivity contribution in [1.82, 2.24) is 0 Å². The second-order valence-corrected chi connectivity index (χ2v) is 4.23. The molecule has 0 unspecified atom stereocenters. The lowest BCUT2D eigenvalue weighted by Crippen LogP contribution is -2.37. The highest BCUT2D eigenvalue weighted by molar-refractivity contribution is 8.14. The number of esters is 1. The molecule has 0 spiro atoms. The first kappa shape index (κ1) is 10.8. The average molecular weight is 226 g/mol. The Balaban J connectivity index is 1.81. The Hall–Kier alpha value is -0.750. The number of fused-ring (bicyclic) bond motifs is 1. The van der Waals surface area contributed by atoms with E-state index in [0.29, 0.717) is 5.17 Å². The Morgan fingerprint density at radius 2 is 2.53 bits per heavy atom. The number of ether oxygens (including phenoxy) is 2. The topological polar surface area (TPSA) is 73.9 Å². The minimum Gasteiger partial charge on any atom is -0.463 e. The van der Waals surface area contributed by atoms with Crippen LogP contribution < -0.4 is 5.73 Å². The van der Waals surface area contributed by atoms with Gasteiger partial charge in [-0.3, -0.25) is 9.79 Å². The lowest BCUT2D eigenvalue weighted by molar-refractivity contribution is -0.145. The number of aliphatic imine (C=N–C) groups is 1. The molecule has 1 fully saturated rings. The van der Waals surface area contributed by atoms with E-state index < -0.39 is 0 Å². The minimum absolute atomic E-state index is 0.159. The molecule has 15 heavy (non-hydrogen) atoms. The highest BCUT2D eigenvalue weighted by Gasteiger charge is 2.37. The van der Waals surface area contributed by atoms with Gasteiger partial charge in [-0.2, -0.15) is 0 Å². The van der Waals surface area contributed by atoms with Gasteiger partial charge >= 0.3 is 5.97 Å². The second kappa shape index (κ2) is 4.40. The molecule has 2 rings (SSSR count). The fourth-order valence-electron chi connectivity index (χ4n) is 1.26. The van der Waals surface area contributed by atoms with Crippen molar-refractivity contribution in [3.8, 4) is 0 Å². The van der Waals surface area contributed by atoms with Crippen molar-refractivity contribution in [2.24, 2.45) is 10.7 Å². The second-order valence-electron chi connectivity index (χ2n) is 3.11. The van der Waals surface area contributed by atoms with Gasteiger partial charge in [0.25, 0.3) is 0 Å². The standard InChI is InChI=1S/C9H10N2O3S/c1-5(12)13-4-6-2-3-7-8(14-6)15-9(10)11-7/h6-8H,4H2,1H3,(H2,10,11)/t6-,7-,8-/m1/s1. The molecule has 0 amide bonds. The summed E-state index contributed by atoms with van der Waals surface area (Å²) in [5, 5.41) is 0.493. The molecule has 2 N–H and O–H groups in total. The Morgan fingerprint density at radius 3 is 3.27 bits per heavy atom. The van der Waals surface area contributed by atoms with Crippen LogP contribution in [0.15, 0.2) is 4.99 Å². The van der Waals surface area contributed by atoms with Crippen LogP contribution in [0.5, 0.6) is 0 Å². The molecule has 0 aliphatic carbocycles. The number of nitrogens with two attached hydrogens (primary N) is 1. The molecule has 1 saturated heterocycles. The molecule has 0 aromatic carbocycles. The van der Waals surface area contributed by atoms with E-state index in [1.54, 1.807) is 0 Å². The zero-order valence-electron chi connectivity index (χ0n) is 8.10. The smallest absolute Gasteiger partial charge is 0.302 e. The number of thioether (sulfide) groups is 1. The lowest BCUT2D eigenvalue weighted by atomic mass is 10.1. The van der Waals surface area contributed by atoms with Gasteiger partial charge in [0, 0.05) is 19.8 Å². The fraction of sp³-hybridized carbons (Fsp3) is 0.556. The Morgan fingerprint density at radius 1 is 1.73 bits per heavy atom. The van der Waals surface area contributed by atoms with E-state index >= 15 is 0 Å². The van der Waals surface area contributed by atoms with Crippen LogP contribution in [0, 0.1) is 12.8 Å². The SMILES string of the molecule is CC(=O)OC[C@H]1[C][C][C@H]2N=C(N)S[C@H]2O1. The van der Waals surface area contributed by atoms with E-state index in [-0.39, 0.29) is 30.2 Å². The van der Waals surface area contributed by atoms with Gasteiger partial charge in [-0.15, -0.1) is 0 Å². The first-order valence-electron chi connectivity index (χ1n) is 4.45. The van der Waals surface area contributed by atoms with Crippen molar-refractivity contribution in [2.75, 3.05) is 6.61 Å². The Kier molecular flexibility index (Phi) is 3.16. The van der Waals surface area contributed by atoms with Crippen LogP contribution in [0.1, 0.15) is 6.92 Å². The number of hydrogen-bond acceptors (Lipinski definition) is 6. The highest BCUT2D eigenvalue weighted by atomic mass is 32.2. The predicted octanol–water partition coefficient (Wildman–Crippen LogP) is -0.133. The molecule has 6 heteroatoms. The quantitative estimate of drug-likeness (QED) is 0.664. The van der Waals surface area contributed by atoms with E-state index in [9.17, 15) is 4.79 Å². The summed E-state index contributed by atoms with van der Waals surface area (Å²) in [5.41, 5.74) is 5.38. The van der Waals surface area contributed by atoms with E-state index in [0.717, 1.165) is 0 Å². The summed E-state index contributed by atoms with van der Waals surface area (Å²) in [6.45, 7) is 1.51. The number of hydrogen-bond donors (Lipinski definition) is 1. The van der Waals surface area contributed by atoms with Crippen molar-refractivity contribution in [3.63, 3.8) is 0 Å². The molecule has 0 aromatic rings. The molecule has 2 heterocycles. The largest absolute Gasteiger partial charge is 0.463 e. The third kappa shape index (κ3) is 2.63. The first-order chi connectivity index (χ1) is 7.15. The van der Waals surface area contributed by atoms with Crippen LogP contribution in [0.2, 0.25) is 0 Å². The van der Waals surface area contributed by atoms with Gasteiger partial charge in [0.1, 0.15) is 18.1 Å². The van der Waals surface area contributed by atoms with Gasteiger partial charge in [-0.05, 0) is 0 Å². The van der Waals surface area contributed by atoms with Crippen molar-refractivity contribution in [1.29, 1.82) is 0 Å². The van der Waals surface area contributed by atoms with Gasteiger partial charge in [-0.25, -0.2) is 0 Å². The van der Waals surface area contributed by atoms with Crippen LogP contribution in [0.3, 0.4) is 0 Å². The number of rotatable bonds is 2. The zero-order valence-corrected chi connectivity index (χ0v) is 8.91. The lowest BCUT2D eigenvalue weighted by Gasteiger charge is -2.28. The molecule has 3 atom stereocenters. The molecule has 4 radical (unpaired) electrons. The highest BCUT2D eigenvalue weighted by Crippen LogP contribution is 2.33. The molecular formula is C9H10N2O3S. The third-order valence-electron chi connectivity index (χ3n) is 1.89. The van der Waals surface area contributed by atoms with Gasteiger partial charge in [0.2, 0.25) is 0 Å². The molecule has 0 aromatic heterocycles. The summed E-state index contributed by atoms with van der Waals surface area (Å²) in [7, 11) is 0. The van der Waals surface area contributed by atoms with Crippen molar-refractivity contribution in [2.45, 2.75) is 24.5 Å². The van der Waals surface area contributed by atoms with Crippen molar-refractivity contribution in [3.05, 3.63) is 12.8 Å². The van der Waals surface area contributed by atoms with E-state index in [1.807, 2.05) is 0 Å². The average Bonchev–Trinajstić information content (AvgIpc) is 2.53. The number of carbonyl (C=O) groups excluding carboxylic acids is 1. The van der Waals surface area contributed by atoms with Crippen LogP contribution in [-0.4, -0.2) is 35.3 Å². The van der Waals surface area contributed by atoms with Crippen molar-refractivity contribution >= 4 is 22.9 Å². The summed E-state index contributed by atoms with van der Waals surface area (Å²) in [4.78, 5) is 14.7. The van der Waals surface area contributed by atoms with Gasteiger partial charge < -0.3 is 15.2 Å². The number of amidine groups is 1. The molecule has 80 valence electrons. The number of carbonyl (C=O) groups is 1.